The number of carbonyl (C=O) groups is 1. The van der Waals surface area contributed by atoms with Crippen molar-refractivity contribution in [1.29, 1.82) is 0 Å². The Balaban J connectivity index is 2.32. The third-order valence-corrected chi connectivity index (χ3v) is 3.36. The molecule has 1 aliphatic rings. The zero-order valence-electron chi connectivity index (χ0n) is 11.4. The SMILES string of the molecule is COc1cc(N2CCOCC2)cc(C)c1CC(N)=O. The van der Waals surface area contributed by atoms with Crippen molar-refractivity contribution in [2.24, 2.45) is 5.73 Å². The first kappa shape index (κ1) is 13.7. The van der Waals surface area contributed by atoms with Crippen molar-refractivity contribution in [3.8, 4) is 5.75 Å². The molecule has 1 amide bonds. The lowest BCUT2D eigenvalue weighted by Gasteiger charge is -2.30. The van der Waals surface area contributed by atoms with Crippen LogP contribution in [0.25, 0.3) is 0 Å². The van der Waals surface area contributed by atoms with E-state index in [1.54, 1.807) is 7.11 Å². The maximum Gasteiger partial charge on any atom is 0.221 e. The lowest BCUT2D eigenvalue weighted by molar-refractivity contribution is -0.117. The number of benzene rings is 1. The van der Waals surface area contributed by atoms with Gasteiger partial charge in [0.2, 0.25) is 5.91 Å². The molecule has 0 atom stereocenters. The van der Waals surface area contributed by atoms with Crippen molar-refractivity contribution in [2.75, 3.05) is 38.3 Å². The van der Waals surface area contributed by atoms with Crippen molar-refractivity contribution in [1.82, 2.24) is 0 Å². The number of methoxy groups -OCH3 is 1. The van der Waals surface area contributed by atoms with E-state index in [0.29, 0.717) is 0 Å². The first-order valence-corrected chi connectivity index (χ1v) is 6.40. The van der Waals surface area contributed by atoms with E-state index in [1.807, 2.05) is 13.0 Å². The van der Waals surface area contributed by atoms with E-state index < -0.39 is 0 Å². The molecular formula is C14H20N2O3. The average Bonchev–Trinajstić information content (AvgIpc) is 2.41. The summed E-state index contributed by atoms with van der Waals surface area (Å²) in [5.41, 5.74) is 8.27. The first-order valence-electron chi connectivity index (χ1n) is 6.40. The third kappa shape index (κ3) is 3.17. The second-order valence-corrected chi connectivity index (χ2v) is 4.69. The fraction of sp³-hybridized carbons (Fsp3) is 0.500. The molecule has 5 nitrogen and oxygen atoms in total. The highest BCUT2D eigenvalue weighted by atomic mass is 16.5. The number of nitrogens with two attached hydrogens (primary N) is 1. The van der Waals surface area contributed by atoms with Gasteiger partial charge in [0.05, 0.1) is 26.7 Å². The van der Waals surface area contributed by atoms with Crippen LogP contribution in [0, 0.1) is 6.92 Å². The number of nitrogens with zero attached hydrogens (tertiary/aromatic N) is 1. The molecule has 0 bridgehead atoms. The van der Waals surface area contributed by atoms with E-state index in [2.05, 4.69) is 11.0 Å². The second-order valence-electron chi connectivity index (χ2n) is 4.69. The standard InChI is InChI=1S/C14H20N2O3/c1-10-7-11(16-3-5-19-6-4-16)8-13(18-2)12(10)9-14(15)17/h7-8H,3-6,9H2,1-2H3,(H2,15,17). The van der Waals surface area contributed by atoms with Gasteiger partial charge in [-0.15, -0.1) is 0 Å². The lowest BCUT2D eigenvalue weighted by atomic mass is 10.0. The summed E-state index contributed by atoms with van der Waals surface area (Å²) in [5, 5.41) is 0. The molecule has 2 N–H and O–H groups in total. The van der Waals surface area contributed by atoms with Crippen molar-refractivity contribution in [3.63, 3.8) is 0 Å². The van der Waals surface area contributed by atoms with Crippen LogP contribution < -0.4 is 15.4 Å². The molecule has 1 aliphatic heterocycles. The molecular weight excluding hydrogens is 244 g/mol. The van der Waals surface area contributed by atoms with Gasteiger partial charge in [0.1, 0.15) is 5.75 Å². The zero-order valence-corrected chi connectivity index (χ0v) is 11.4. The molecule has 1 aromatic carbocycles. The first-order chi connectivity index (χ1) is 9.11. The fourth-order valence-corrected chi connectivity index (χ4v) is 2.35. The summed E-state index contributed by atoms with van der Waals surface area (Å²) in [7, 11) is 1.61. The van der Waals surface area contributed by atoms with E-state index in [0.717, 1.165) is 48.9 Å². The molecule has 19 heavy (non-hydrogen) atoms. The van der Waals surface area contributed by atoms with Crippen LogP contribution in [0.2, 0.25) is 0 Å². The van der Waals surface area contributed by atoms with Crippen LogP contribution in [0.15, 0.2) is 12.1 Å². The maximum absolute atomic E-state index is 11.1. The minimum absolute atomic E-state index is 0.207. The van der Waals surface area contributed by atoms with Crippen molar-refractivity contribution < 1.29 is 14.3 Å². The van der Waals surface area contributed by atoms with E-state index in [-0.39, 0.29) is 12.3 Å². The average molecular weight is 264 g/mol. The third-order valence-electron chi connectivity index (χ3n) is 3.36. The Labute approximate surface area is 113 Å². The molecule has 104 valence electrons. The van der Waals surface area contributed by atoms with Gasteiger partial charge in [-0.05, 0) is 18.6 Å². The van der Waals surface area contributed by atoms with Gasteiger partial charge in [-0.2, -0.15) is 0 Å². The smallest absolute Gasteiger partial charge is 0.221 e. The fourth-order valence-electron chi connectivity index (χ4n) is 2.35. The Morgan fingerprint density at radius 2 is 2.11 bits per heavy atom. The molecule has 1 saturated heterocycles. The monoisotopic (exact) mass is 264 g/mol. The molecule has 1 heterocycles. The van der Waals surface area contributed by atoms with Crippen molar-refractivity contribution >= 4 is 11.6 Å². The second kappa shape index (κ2) is 5.93. The Morgan fingerprint density at radius 3 is 2.68 bits per heavy atom. The number of aryl methyl sites for hydroxylation is 1. The van der Waals surface area contributed by atoms with Gasteiger partial charge in [0.15, 0.2) is 0 Å². The summed E-state index contributed by atoms with van der Waals surface area (Å²) in [5.74, 6) is 0.376. The van der Waals surface area contributed by atoms with E-state index >= 15 is 0 Å². The molecule has 0 aliphatic carbocycles. The van der Waals surface area contributed by atoms with Crippen LogP contribution in [-0.4, -0.2) is 39.3 Å². The number of rotatable bonds is 4. The minimum Gasteiger partial charge on any atom is -0.496 e. The number of anilines is 1. The van der Waals surface area contributed by atoms with Crippen LogP contribution >= 0.6 is 0 Å². The Bertz CT molecular complexity index is 468. The summed E-state index contributed by atoms with van der Waals surface area (Å²) in [4.78, 5) is 13.4. The van der Waals surface area contributed by atoms with Crippen LogP contribution in [-0.2, 0) is 16.0 Å². The summed E-state index contributed by atoms with van der Waals surface area (Å²) in [6.07, 6.45) is 0.207. The van der Waals surface area contributed by atoms with E-state index in [9.17, 15) is 4.79 Å². The molecule has 1 aromatic rings. The van der Waals surface area contributed by atoms with Crippen LogP contribution in [0.4, 0.5) is 5.69 Å². The van der Waals surface area contributed by atoms with Gasteiger partial charge in [-0.25, -0.2) is 0 Å². The molecule has 2 rings (SSSR count). The van der Waals surface area contributed by atoms with Gasteiger partial charge in [0, 0.05) is 30.4 Å². The molecule has 0 aromatic heterocycles. The van der Waals surface area contributed by atoms with Gasteiger partial charge in [0.25, 0.3) is 0 Å². The van der Waals surface area contributed by atoms with Gasteiger partial charge in [-0.3, -0.25) is 4.79 Å². The largest absolute Gasteiger partial charge is 0.496 e. The quantitative estimate of drug-likeness (QED) is 0.876. The molecule has 1 fully saturated rings. The van der Waals surface area contributed by atoms with E-state index in [1.165, 1.54) is 0 Å². The number of hydrogen-bond donors (Lipinski definition) is 1. The molecule has 0 saturated carbocycles. The van der Waals surface area contributed by atoms with Crippen LogP contribution in [0.1, 0.15) is 11.1 Å². The summed E-state index contributed by atoms with van der Waals surface area (Å²) < 4.78 is 10.7. The van der Waals surface area contributed by atoms with Crippen molar-refractivity contribution in [2.45, 2.75) is 13.3 Å². The maximum atomic E-state index is 11.1. The van der Waals surface area contributed by atoms with Gasteiger partial charge >= 0.3 is 0 Å². The molecule has 0 radical (unpaired) electrons. The predicted octanol–water partition coefficient (Wildman–Crippen LogP) is 0.868. The molecule has 5 heteroatoms. The predicted molar refractivity (Wildman–Crippen MR) is 73.7 cm³/mol. The Kier molecular flexibility index (Phi) is 4.27. The molecule has 0 spiro atoms. The van der Waals surface area contributed by atoms with Crippen LogP contribution in [0.3, 0.4) is 0 Å². The molecule has 0 unspecified atom stereocenters. The highest BCUT2D eigenvalue weighted by molar-refractivity contribution is 5.78. The van der Waals surface area contributed by atoms with Crippen LogP contribution in [0.5, 0.6) is 5.75 Å². The lowest BCUT2D eigenvalue weighted by Crippen LogP contribution is -2.36. The van der Waals surface area contributed by atoms with Gasteiger partial charge < -0.3 is 20.1 Å². The summed E-state index contributed by atoms with van der Waals surface area (Å²) >= 11 is 0. The zero-order chi connectivity index (χ0) is 13.8. The topological polar surface area (TPSA) is 64.8 Å². The Hall–Kier alpha value is -1.75. The highest BCUT2D eigenvalue weighted by Gasteiger charge is 2.16. The summed E-state index contributed by atoms with van der Waals surface area (Å²) in [6.45, 7) is 5.20. The van der Waals surface area contributed by atoms with Gasteiger partial charge in [-0.1, -0.05) is 0 Å². The highest BCUT2D eigenvalue weighted by Crippen LogP contribution is 2.30. The number of ether oxygens (including phenoxy) is 2. The number of amides is 1. The minimum atomic E-state index is -0.347. The number of primary amides is 1. The Morgan fingerprint density at radius 1 is 1.42 bits per heavy atom. The summed E-state index contributed by atoms with van der Waals surface area (Å²) in [6, 6.07) is 4.04. The van der Waals surface area contributed by atoms with E-state index in [4.69, 9.17) is 15.2 Å². The number of carbonyl (C=O) groups excluding carboxylic acids is 1. The number of hydrogen-bond acceptors (Lipinski definition) is 4. The number of morpholine rings is 1. The van der Waals surface area contributed by atoms with Crippen molar-refractivity contribution in [3.05, 3.63) is 23.3 Å². The normalized spacial score (nSPS) is 15.4.